The third kappa shape index (κ3) is 4.29. The highest BCUT2D eigenvalue weighted by Crippen LogP contribution is 2.52. The standard InChI is InChI=1S/C33H29BN2O6/c37-18-19-16-27-30(33(40)36(32(27)39)22-12-10-21(11-13-22)35-20-6-2-1-3-7-20)26-17-29(42-34(41)31(19)26)25-14-15-28(38)24-9-5-4-8-23(24)25/h1-15,26-27,29-30,35,37-38,41H,16-18H2/t26-,27-,29-,30+/m0/s1. The van der Waals surface area contributed by atoms with Gasteiger partial charge in [-0.25, -0.2) is 0 Å². The van der Waals surface area contributed by atoms with Gasteiger partial charge in [-0.3, -0.25) is 14.5 Å². The van der Waals surface area contributed by atoms with Crippen LogP contribution in [-0.4, -0.2) is 40.8 Å². The number of anilines is 3. The zero-order valence-electron chi connectivity index (χ0n) is 22.7. The van der Waals surface area contributed by atoms with Crippen molar-refractivity contribution in [1.82, 2.24) is 0 Å². The molecule has 8 nitrogen and oxygen atoms in total. The summed E-state index contributed by atoms with van der Waals surface area (Å²) in [4.78, 5) is 29.1. The maximum Gasteiger partial charge on any atom is 0.487 e. The summed E-state index contributed by atoms with van der Waals surface area (Å²) in [5.74, 6) is -2.29. The van der Waals surface area contributed by atoms with Crippen LogP contribution in [0.15, 0.2) is 102 Å². The van der Waals surface area contributed by atoms with Crippen molar-refractivity contribution < 1.29 is 29.5 Å². The van der Waals surface area contributed by atoms with Crippen LogP contribution in [0.1, 0.15) is 24.5 Å². The van der Waals surface area contributed by atoms with Gasteiger partial charge in [-0.15, -0.1) is 0 Å². The van der Waals surface area contributed by atoms with Crippen molar-refractivity contribution in [3.63, 3.8) is 0 Å². The average molecular weight is 560 g/mol. The van der Waals surface area contributed by atoms with E-state index in [1.165, 1.54) is 4.90 Å². The van der Waals surface area contributed by atoms with E-state index in [2.05, 4.69) is 5.32 Å². The molecule has 1 aliphatic carbocycles. The summed E-state index contributed by atoms with van der Waals surface area (Å²) in [5.41, 5.74) is 4.07. The van der Waals surface area contributed by atoms with E-state index in [1.807, 2.05) is 66.7 Å². The number of para-hydroxylation sites is 1. The second-order valence-electron chi connectivity index (χ2n) is 11.1. The second kappa shape index (κ2) is 10.4. The highest BCUT2D eigenvalue weighted by molar-refractivity contribution is 6.53. The normalized spacial score (nSPS) is 23.8. The predicted octanol–water partition coefficient (Wildman–Crippen LogP) is 4.88. The molecule has 2 saturated heterocycles. The number of nitrogens with zero attached hydrogens (tertiary/aromatic N) is 1. The minimum atomic E-state index is -1.33. The number of phenols is 1. The number of allylic oxidation sites excluding steroid dienone is 1. The molecule has 4 aromatic carbocycles. The number of rotatable bonds is 5. The van der Waals surface area contributed by atoms with Crippen LogP contribution in [0.4, 0.5) is 17.1 Å². The molecule has 0 aromatic heterocycles. The van der Waals surface area contributed by atoms with Gasteiger partial charge in [0.05, 0.1) is 30.2 Å². The van der Waals surface area contributed by atoms with Crippen LogP contribution in [0.25, 0.3) is 10.8 Å². The van der Waals surface area contributed by atoms with Gasteiger partial charge in [-0.2, -0.15) is 0 Å². The van der Waals surface area contributed by atoms with Gasteiger partial charge in [0.2, 0.25) is 11.8 Å². The lowest BCUT2D eigenvalue weighted by Crippen LogP contribution is -2.45. The van der Waals surface area contributed by atoms with Crippen molar-refractivity contribution >= 4 is 46.8 Å². The van der Waals surface area contributed by atoms with Crippen molar-refractivity contribution in [2.45, 2.75) is 18.9 Å². The molecule has 3 aliphatic rings. The Morgan fingerprint density at radius 3 is 2.26 bits per heavy atom. The first-order chi connectivity index (χ1) is 20.4. The first-order valence-electron chi connectivity index (χ1n) is 14.1. The highest BCUT2D eigenvalue weighted by atomic mass is 16.5. The van der Waals surface area contributed by atoms with E-state index in [4.69, 9.17) is 4.65 Å². The molecule has 2 heterocycles. The Labute approximate surface area is 243 Å². The fourth-order valence-corrected chi connectivity index (χ4v) is 6.98. The average Bonchev–Trinajstić information content (AvgIpc) is 3.27. The maximum absolute atomic E-state index is 14.0. The third-order valence-electron chi connectivity index (χ3n) is 8.87. The maximum atomic E-state index is 14.0. The van der Waals surface area contributed by atoms with Gasteiger partial charge in [0.25, 0.3) is 0 Å². The number of carbonyl (C=O) groups is 2. The van der Waals surface area contributed by atoms with Crippen molar-refractivity contribution in [3.05, 3.63) is 108 Å². The fourth-order valence-electron chi connectivity index (χ4n) is 6.98. The van der Waals surface area contributed by atoms with Crippen LogP contribution >= 0.6 is 0 Å². The molecule has 2 aliphatic heterocycles. The lowest BCUT2D eigenvalue weighted by atomic mass is 9.55. The monoisotopic (exact) mass is 560 g/mol. The molecule has 4 aromatic rings. The van der Waals surface area contributed by atoms with E-state index in [-0.39, 0.29) is 30.6 Å². The van der Waals surface area contributed by atoms with Crippen LogP contribution < -0.4 is 10.2 Å². The van der Waals surface area contributed by atoms with Gasteiger partial charge in [0.15, 0.2) is 0 Å². The number of nitrogens with one attached hydrogen (secondary N) is 1. The second-order valence-corrected chi connectivity index (χ2v) is 11.1. The summed E-state index contributed by atoms with van der Waals surface area (Å²) in [7, 11) is -1.33. The Kier molecular flexibility index (Phi) is 6.58. The van der Waals surface area contributed by atoms with E-state index >= 15 is 0 Å². The van der Waals surface area contributed by atoms with E-state index in [9.17, 15) is 24.8 Å². The number of hydrogen-bond acceptors (Lipinski definition) is 7. The molecule has 7 rings (SSSR count). The number of aliphatic hydroxyl groups is 1. The quantitative estimate of drug-likeness (QED) is 0.203. The largest absolute Gasteiger partial charge is 0.507 e. The van der Waals surface area contributed by atoms with Gasteiger partial charge in [-0.1, -0.05) is 48.5 Å². The number of aliphatic hydroxyl groups excluding tert-OH is 1. The minimum Gasteiger partial charge on any atom is -0.507 e. The van der Waals surface area contributed by atoms with Crippen molar-refractivity contribution in [2.24, 2.45) is 17.8 Å². The van der Waals surface area contributed by atoms with Crippen molar-refractivity contribution in [1.29, 1.82) is 0 Å². The molecule has 0 spiro atoms. The van der Waals surface area contributed by atoms with E-state index in [1.54, 1.807) is 24.3 Å². The van der Waals surface area contributed by atoms with Crippen LogP contribution in [0.2, 0.25) is 0 Å². The van der Waals surface area contributed by atoms with Crippen molar-refractivity contribution in [3.8, 4) is 5.75 Å². The van der Waals surface area contributed by atoms with Gasteiger partial charge >= 0.3 is 7.12 Å². The van der Waals surface area contributed by atoms with E-state index < -0.39 is 31.0 Å². The summed E-state index contributed by atoms with van der Waals surface area (Å²) in [5, 5.41) is 36.6. The molecule has 9 heteroatoms. The molecule has 2 amide bonds. The minimum absolute atomic E-state index is 0.142. The molecule has 42 heavy (non-hydrogen) atoms. The summed E-state index contributed by atoms with van der Waals surface area (Å²) < 4.78 is 6.09. The van der Waals surface area contributed by atoms with Gasteiger partial charge in [-0.05, 0) is 83.2 Å². The zero-order valence-corrected chi connectivity index (χ0v) is 22.7. The first kappa shape index (κ1) is 26.5. The number of imide groups is 1. The summed E-state index contributed by atoms with van der Waals surface area (Å²) in [6.45, 7) is -0.330. The highest BCUT2D eigenvalue weighted by Gasteiger charge is 2.58. The Morgan fingerprint density at radius 2 is 1.52 bits per heavy atom. The van der Waals surface area contributed by atoms with Crippen LogP contribution in [0, 0.1) is 17.8 Å². The Balaban J connectivity index is 1.21. The fraction of sp³-hybridized carbons (Fsp3) is 0.212. The van der Waals surface area contributed by atoms with Crippen LogP contribution in [-0.2, 0) is 14.2 Å². The lowest BCUT2D eigenvalue weighted by Gasteiger charge is -2.42. The number of phenolic OH excluding ortho intramolecular Hbond substituents is 1. The number of aromatic hydroxyl groups is 1. The number of amides is 2. The number of carbonyl (C=O) groups excluding carboxylic acids is 2. The molecule has 0 unspecified atom stereocenters. The summed E-state index contributed by atoms with van der Waals surface area (Å²) >= 11 is 0. The molecular formula is C33H29BN2O6. The molecule has 0 saturated carbocycles. The predicted molar refractivity (Wildman–Crippen MR) is 160 cm³/mol. The molecule has 2 fully saturated rings. The molecular weight excluding hydrogens is 531 g/mol. The van der Waals surface area contributed by atoms with E-state index in [0.29, 0.717) is 28.5 Å². The smallest absolute Gasteiger partial charge is 0.487 e. The Morgan fingerprint density at radius 1 is 0.833 bits per heavy atom. The number of hydrogen-bond donors (Lipinski definition) is 4. The summed E-state index contributed by atoms with van der Waals surface area (Å²) in [6.07, 6.45) is -0.0497. The number of benzene rings is 4. The molecule has 210 valence electrons. The van der Waals surface area contributed by atoms with Gasteiger partial charge < -0.3 is 25.2 Å². The first-order valence-corrected chi connectivity index (χ1v) is 14.1. The third-order valence-corrected chi connectivity index (χ3v) is 8.87. The van der Waals surface area contributed by atoms with Gasteiger partial charge in [0.1, 0.15) is 5.75 Å². The molecule has 0 radical (unpaired) electrons. The zero-order chi connectivity index (χ0) is 29.0. The lowest BCUT2D eigenvalue weighted by molar-refractivity contribution is -0.123. The Hall–Kier alpha value is -4.44. The summed E-state index contributed by atoms with van der Waals surface area (Å²) in [6, 6.07) is 27.7. The van der Waals surface area contributed by atoms with Crippen LogP contribution in [0.3, 0.4) is 0 Å². The van der Waals surface area contributed by atoms with Crippen LogP contribution in [0.5, 0.6) is 5.75 Å². The molecule has 0 bridgehead atoms. The Bertz CT molecular complexity index is 1720. The molecule has 4 N–H and O–H groups in total. The molecule has 4 atom stereocenters. The topological polar surface area (TPSA) is 119 Å². The van der Waals surface area contributed by atoms with Crippen molar-refractivity contribution in [2.75, 3.05) is 16.8 Å². The number of fused-ring (bicyclic) bond motifs is 4. The SMILES string of the molecule is O=C1[C@H]2[C@H](CC(CO)=C3B(O)O[C@H](c4ccc(O)c5ccccc45)C[C@H]32)C(=O)N1c1ccc(Nc2ccccc2)cc1. The van der Waals surface area contributed by atoms with Gasteiger partial charge in [0, 0.05) is 16.8 Å². The van der Waals surface area contributed by atoms with E-state index in [0.717, 1.165) is 22.3 Å².